The van der Waals surface area contributed by atoms with Crippen LogP contribution in [0.4, 0.5) is 5.82 Å². The van der Waals surface area contributed by atoms with Crippen LogP contribution in [0.15, 0.2) is 30.6 Å². The molecule has 0 atom stereocenters. The lowest BCUT2D eigenvalue weighted by Crippen LogP contribution is -2.38. The van der Waals surface area contributed by atoms with Crippen LogP contribution in [-0.2, 0) is 11.3 Å². The molecule has 160 valence electrons. The van der Waals surface area contributed by atoms with Crippen LogP contribution in [-0.4, -0.2) is 63.9 Å². The molecule has 0 amide bonds. The predicted molar refractivity (Wildman–Crippen MR) is 117 cm³/mol. The number of imidazole rings is 1. The SMILES string of the molecule is CC(C)n1cnc2c(NCc3ccc(OCCN4CCOCC4)cc3)nc(Cl)nc21. The number of nitrogens with one attached hydrogen (secondary N) is 1. The summed E-state index contributed by atoms with van der Waals surface area (Å²) in [6, 6.07) is 8.32. The molecule has 3 aromatic rings. The summed E-state index contributed by atoms with van der Waals surface area (Å²) in [4.78, 5) is 15.5. The maximum absolute atomic E-state index is 6.13. The van der Waals surface area contributed by atoms with Crippen LogP contribution in [0.3, 0.4) is 0 Å². The second-order valence-corrected chi connectivity index (χ2v) is 7.90. The van der Waals surface area contributed by atoms with Crippen molar-refractivity contribution in [2.45, 2.75) is 26.4 Å². The largest absolute Gasteiger partial charge is 0.492 e. The third-order valence-electron chi connectivity index (χ3n) is 5.11. The minimum Gasteiger partial charge on any atom is -0.492 e. The van der Waals surface area contributed by atoms with E-state index in [1.54, 1.807) is 6.33 Å². The summed E-state index contributed by atoms with van der Waals surface area (Å²) in [7, 11) is 0. The molecule has 3 heterocycles. The predicted octanol–water partition coefficient (Wildman–Crippen LogP) is 3.38. The molecule has 8 nitrogen and oxygen atoms in total. The van der Waals surface area contributed by atoms with Crippen LogP contribution in [0, 0.1) is 0 Å². The molecular weight excluding hydrogens is 404 g/mol. The van der Waals surface area contributed by atoms with Gasteiger partial charge in [0.25, 0.3) is 0 Å². The molecule has 0 unspecified atom stereocenters. The molecule has 1 aliphatic rings. The monoisotopic (exact) mass is 430 g/mol. The molecule has 1 N–H and O–H groups in total. The average Bonchev–Trinajstić information content (AvgIpc) is 3.18. The van der Waals surface area contributed by atoms with E-state index in [1.165, 1.54) is 0 Å². The minimum absolute atomic E-state index is 0.205. The number of nitrogens with zero attached hydrogens (tertiary/aromatic N) is 5. The normalized spacial score (nSPS) is 15.1. The third-order valence-corrected chi connectivity index (χ3v) is 5.28. The van der Waals surface area contributed by atoms with Crippen LogP contribution in [0.1, 0.15) is 25.5 Å². The van der Waals surface area contributed by atoms with Crippen molar-refractivity contribution in [1.29, 1.82) is 0 Å². The fourth-order valence-corrected chi connectivity index (χ4v) is 3.56. The van der Waals surface area contributed by atoms with Crippen LogP contribution < -0.4 is 10.1 Å². The highest BCUT2D eigenvalue weighted by atomic mass is 35.5. The van der Waals surface area contributed by atoms with Crippen molar-refractivity contribution in [2.75, 3.05) is 44.8 Å². The van der Waals surface area contributed by atoms with Crippen molar-refractivity contribution >= 4 is 28.6 Å². The Hall–Kier alpha value is -2.42. The van der Waals surface area contributed by atoms with Gasteiger partial charge in [0, 0.05) is 32.2 Å². The van der Waals surface area contributed by atoms with Crippen LogP contribution in [0.25, 0.3) is 11.2 Å². The zero-order chi connectivity index (χ0) is 20.9. The number of ether oxygens (including phenoxy) is 2. The first-order valence-electron chi connectivity index (χ1n) is 10.3. The van der Waals surface area contributed by atoms with Crippen LogP contribution >= 0.6 is 11.6 Å². The first kappa shape index (κ1) is 20.8. The number of rotatable bonds is 8. The zero-order valence-corrected chi connectivity index (χ0v) is 18.1. The van der Waals surface area contributed by atoms with E-state index in [2.05, 4.69) is 39.0 Å². The van der Waals surface area contributed by atoms with Gasteiger partial charge in [-0.15, -0.1) is 0 Å². The van der Waals surface area contributed by atoms with Gasteiger partial charge in [0.15, 0.2) is 17.0 Å². The maximum atomic E-state index is 6.13. The molecule has 0 bridgehead atoms. The van der Waals surface area contributed by atoms with E-state index in [4.69, 9.17) is 21.1 Å². The number of hydrogen-bond donors (Lipinski definition) is 1. The Labute approximate surface area is 181 Å². The molecule has 1 aliphatic heterocycles. The van der Waals surface area contributed by atoms with Gasteiger partial charge in [0.2, 0.25) is 5.28 Å². The fourth-order valence-electron chi connectivity index (χ4n) is 3.40. The smallest absolute Gasteiger partial charge is 0.226 e. The Bertz CT molecular complexity index is 970. The highest BCUT2D eigenvalue weighted by molar-refractivity contribution is 6.28. The van der Waals surface area contributed by atoms with Crippen molar-refractivity contribution < 1.29 is 9.47 Å². The molecule has 1 fully saturated rings. The highest BCUT2D eigenvalue weighted by Crippen LogP contribution is 2.24. The van der Waals surface area contributed by atoms with Crippen molar-refractivity contribution in [3.63, 3.8) is 0 Å². The van der Waals surface area contributed by atoms with E-state index in [9.17, 15) is 0 Å². The van der Waals surface area contributed by atoms with E-state index in [-0.39, 0.29) is 11.3 Å². The van der Waals surface area contributed by atoms with Crippen molar-refractivity contribution in [2.24, 2.45) is 0 Å². The summed E-state index contributed by atoms with van der Waals surface area (Å²) in [6.45, 7) is 9.92. The average molecular weight is 431 g/mol. The zero-order valence-electron chi connectivity index (χ0n) is 17.3. The van der Waals surface area contributed by atoms with Crippen molar-refractivity contribution in [3.05, 3.63) is 41.4 Å². The van der Waals surface area contributed by atoms with Gasteiger partial charge in [0.1, 0.15) is 12.4 Å². The van der Waals surface area contributed by atoms with Gasteiger partial charge in [-0.2, -0.15) is 9.97 Å². The summed E-state index contributed by atoms with van der Waals surface area (Å²) in [5.74, 6) is 1.50. The second-order valence-electron chi connectivity index (χ2n) is 7.56. The Balaban J connectivity index is 1.34. The van der Waals surface area contributed by atoms with Crippen molar-refractivity contribution in [3.8, 4) is 5.75 Å². The number of fused-ring (bicyclic) bond motifs is 1. The van der Waals surface area contributed by atoms with Crippen molar-refractivity contribution in [1.82, 2.24) is 24.4 Å². The Morgan fingerprint density at radius 1 is 1.17 bits per heavy atom. The summed E-state index contributed by atoms with van der Waals surface area (Å²) in [6.07, 6.45) is 1.77. The Morgan fingerprint density at radius 3 is 2.67 bits per heavy atom. The Kier molecular flexibility index (Phi) is 6.66. The van der Waals surface area contributed by atoms with Gasteiger partial charge in [0.05, 0.1) is 19.5 Å². The molecule has 30 heavy (non-hydrogen) atoms. The van der Waals surface area contributed by atoms with Crippen LogP contribution in [0.5, 0.6) is 5.75 Å². The van der Waals surface area contributed by atoms with Gasteiger partial charge in [-0.1, -0.05) is 12.1 Å². The molecule has 0 radical (unpaired) electrons. The van der Waals surface area contributed by atoms with E-state index in [0.717, 1.165) is 55.3 Å². The van der Waals surface area contributed by atoms with Gasteiger partial charge >= 0.3 is 0 Å². The Morgan fingerprint density at radius 2 is 1.93 bits per heavy atom. The van der Waals surface area contributed by atoms with E-state index in [0.29, 0.717) is 19.0 Å². The first-order valence-corrected chi connectivity index (χ1v) is 10.6. The topological polar surface area (TPSA) is 77.3 Å². The molecule has 2 aromatic heterocycles. The standard InChI is InChI=1S/C21H27ClN6O2/c1-15(2)28-14-24-18-19(25-21(22)26-20(18)28)23-13-16-3-5-17(6-4-16)30-12-9-27-7-10-29-11-8-27/h3-6,14-15H,7-13H2,1-2H3,(H,23,25,26). The summed E-state index contributed by atoms with van der Waals surface area (Å²) in [5.41, 5.74) is 2.56. The maximum Gasteiger partial charge on any atom is 0.226 e. The lowest BCUT2D eigenvalue weighted by Gasteiger charge is -2.26. The van der Waals surface area contributed by atoms with Gasteiger partial charge in [-0.3, -0.25) is 4.90 Å². The molecule has 1 aromatic carbocycles. The molecule has 4 rings (SSSR count). The summed E-state index contributed by atoms with van der Waals surface area (Å²) in [5, 5.41) is 3.54. The number of anilines is 1. The molecule has 1 saturated heterocycles. The number of aromatic nitrogens is 4. The second kappa shape index (κ2) is 9.59. The van der Waals surface area contributed by atoms with Crippen LogP contribution in [0.2, 0.25) is 5.28 Å². The van der Waals surface area contributed by atoms with E-state index >= 15 is 0 Å². The first-order chi connectivity index (χ1) is 14.6. The summed E-state index contributed by atoms with van der Waals surface area (Å²) < 4.78 is 13.2. The van der Waals surface area contributed by atoms with Gasteiger partial charge in [-0.05, 0) is 43.1 Å². The quantitative estimate of drug-likeness (QED) is 0.549. The molecule has 0 saturated carbocycles. The molecular formula is C21H27ClN6O2. The fraction of sp³-hybridized carbons (Fsp3) is 0.476. The van der Waals surface area contributed by atoms with E-state index in [1.807, 2.05) is 28.8 Å². The highest BCUT2D eigenvalue weighted by Gasteiger charge is 2.14. The number of morpholine rings is 1. The number of halogens is 1. The molecule has 0 aliphatic carbocycles. The van der Waals surface area contributed by atoms with E-state index < -0.39 is 0 Å². The lowest BCUT2D eigenvalue weighted by atomic mass is 10.2. The molecule has 0 spiro atoms. The van der Waals surface area contributed by atoms with Gasteiger partial charge in [-0.25, -0.2) is 4.98 Å². The minimum atomic E-state index is 0.205. The summed E-state index contributed by atoms with van der Waals surface area (Å²) >= 11 is 6.13. The number of benzene rings is 1. The molecule has 9 heteroatoms. The lowest BCUT2D eigenvalue weighted by molar-refractivity contribution is 0.0322. The van der Waals surface area contributed by atoms with Gasteiger partial charge < -0.3 is 19.4 Å². The third kappa shape index (κ3) is 5.00. The number of hydrogen-bond acceptors (Lipinski definition) is 7.